The second-order valence-corrected chi connectivity index (χ2v) is 10.6. The Bertz CT molecular complexity index is 1190. The summed E-state index contributed by atoms with van der Waals surface area (Å²) in [4.78, 5) is 18.2. The lowest BCUT2D eigenvalue weighted by Crippen LogP contribution is -2.44. The Morgan fingerprint density at radius 3 is 2.65 bits per heavy atom. The molecule has 0 bridgehead atoms. The molecule has 0 unspecified atom stereocenters. The van der Waals surface area contributed by atoms with E-state index < -0.39 is 15.8 Å². The van der Waals surface area contributed by atoms with Crippen molar-refractivity contribution in [3.8, 4) is 11.1 Å². The van der Waals surface area contributed by atoms with Crippen LogP contribution in [0.4, 0.5) is 21.6 Å². The predicted octanol–water partition coefficient (Wildman–Crippen LogP) is 1.86. The molecule has 3 N–H and O–H groups in total. The maximum Gasteiger partial charge on any atom is 0.239 e. The topological polar surface area (TPSA) is 109 Å². The van der Waals surface area contributed by atoms with E-state index in [0.29, 0.717) is 60.5 Å². The zero-order valence-corrected chi connectivity index (χ0v) is 18.0. The molecule has 0 saturated carbocycles. The van der Waals surface area contributed by atoms with Crippen LogP contribution in [0.2, 0.25) is 0 Å². The summed E-state index contributed by atoms with van der Waals surface area (Å²) in [5.41, 5.74) is 8.33. The highest BCUT2D eigenvalue weighted by Crippen LogP contribution is 2.43. The largest absolute Gasteiger partial charge is 0.381 e. The van der Waals surface area contributed by atoms with Crippen LogP contribution in [0.15, 0.2) is 24.4 Å². The van der Waals surface area contributed by atoms with Crippen LogP contribution in [0.25, 0.3) is 11.1 Å². The number of carbonyl (C=O) groups excluding carboxylic acids is 1. The van der Waals surface area contributed by atoms with Gasteiger partial charge in [-0.15, -0.1) is 0 Å². The molecular formula is C21H24FN5O3S. The summed E-state index contributed by atoms with van der Waals surface area (Å²) in [5, 5.41) is 2.91. The second kappa shape index (κ2) is 6.81. The van der Waals surface area contributed by atoms with E-state index >= 15 is 4.39 Å². The Kier molecular flexibility index (Phi) is 4.40. The molecule has 31 heavy (non-hydrogen) atoms. The van der Waals surface area contributed by atoms with E-state index in [9.17, 15) is 13.2 Å². The number of carbonyl (C=O) groups is 1. The molecule has 0 radical (unpaired) electrons. The quantitative estimate of drug-likeness (QED) is 0.730. The average Bonchev–Trinajstić information content (AvgIpc) is 3.20. The number of amides is 1. The first-order valence-electron chi connectivity index (χ1n) is 10.3. The zero-order valence-electron chi connectivity index (χ0n) is 17.2. The number of fused-ring (bicyclic) bond motifs is 1. The van der Waals surface area contributed by atoms with Crippen LogP contribution in [0.5, 0.6) is 0 Å². The van der Waals surface area contributed by atoms with Crippen LogP contribution in [0.3, 0.4) is 0 Å². The standard InChI is InChI=1S/C21H24FN5O3S/c1-26-16-3-2-13(10-14(16)12-31(26,29)30)15-11-25-19(23)17(22)18(15)27-8-5-21(6-9-27)4-7-24-20(21)28/h2-3,10-11H,4-9,12H2,1H3,(H2,23,25)(H,24,28). The number of benzene rings is 1. The number of aromatic nitrogens is 1. The molecule has 2 aromatic rings. The highest BCUT2D eigenvalue weighted by Gasteiger charge is 2.45. The number of nitrogen functional groups attached to an aromatic ring is 1. The maximum atomic E-state index is 15.2. The molecule has 1 aromatic heterocycles. The third-order valence-electron chi connectivity index (χ3n) is 6.91. The normalized spacial score (nSPS) is 21.4. The average molecular weight is 446 g/mol. The molecule has 10 heteroatoms. The van der Waals surface area contributed by atoms with Crippen molar-refractivity contribution in [2.75, 3.05) is 41.6 Å². The van der Waals surface area contributed by atoms with Crippen LogP contribution >= 0.6 is 0 Å². The fourth-order valence-electron chi connectivity index (χ4n) is 4.98. The van der Waals surface area contributed by atoms with Crippen molar-refractivity contribution < 1.29 is 17.6 Å². The maximum absolute atomic E-state index is 15.2. The van der Waals surface area contributed by atoms with Gasteiger partial charge in [0.15, 0.2) is 11.6 Å². The molecule has 8 nitrogen and oxygen atoms in total. The van der Waals surface area contributed by atoms with Crippen molar-refractivity contribution in [1.82, 2.24) is 10.3 Å². The minimum atomic E-state index is -3.37. The molecule has 164 valence electrons. The van der Waals surface area contributed by atoms with Crippen LogP contribution in [-0.2, 0) is 20.6 Å². The van der Waals surface area contributed by atoms with Crippen LogP contribution in [0.1, 0.15) is 24.8 Å². The Morgan fingerprint density at radius 2 is 1.97 bits per heavy atom. The van der Waals surface area contributed by atoms with Gasteiger partial charge in [0.2, 0.25) is 15.9 Å². The molecule has 5 rings (SSSR count). The molecule has 2 saturated heterocycles. The van der Waals surface area contributed by atoms with Crippen molar-refractivity contribution in [2.45, 2.75) is 25.0 Å². The van der Waals surface area contributed by atoms with Gasteiger partial charge in [-0.1, -0.05) is 6.07 Å². The lowest BCUT2D eigenvalue weighted by molar-refractivity contribution is -0.128. The summed E-state index contributed by atoms with van der Waals surface area (Å²) in [7, 11) is -1.84. The molecular weight excluding hydrogens is 421 g/mol. The minimum Gasteiger partial charge on any atom is -0.381 e. The summed E-state index contributed by atoms with van der Waals surface area (Å²) >= 11 is 0. The highest BCUT2D eigenvalue weighted by atomic mass is 32.2. The number of nitrogens with one attached hydrogen (secondary N) is 1. The molecule has 2 fully saturated rings. The molecule has 4 heterocycles. The van der Waals surface area contributed by atoms with E-state index in [0.717, 1.165) is 6.42 Å². The summed E-state index contributed by atoms with van der Waals surface area (Å²) in [6.07, 6.45) is 3.63. The highest BCUT2D eigenvalue weighted by molar-refractivity contribution is 7.92. The molecule has 0 atom stereocenters. The van der Waals surface area contributed by atoms with Gasteiger partial charge < -0.3 is 16.0 Å². The van der Waals surface area contributed by atoms with Gasteiger partial charge in [-0.25, -0.2) is 17.8 Å². The summed E-state index contributed by atoms with van der Waals surface area (Å²) < 4.78 is 40.9. The van der Waals surface area contributed by atoms with Gasteiger partial charge in [-0.3, -0.25) is 9.10 Å². The molecule has 3 aliphatic rings. The number of anilines is 3. The van der Waals surface area contributed by atoms with Gasteiger partial charge in [0, 0.05) is 38.4 Å². The van der Waals surface area contributed by atoms with Gasteiger partial charge in [-0.05, 0) is 42.5 Å². The Morgan fingerprint density at radius 1 is 1.23 bits per heavy atom. The van der Waals surface area contributed by atoms with Crippen molar-refractivity contribution in [3.63, 3.8) is 0 Å². The second-order valence-electron chi connectivity index (χ2n) is 8.56. The predicted molar refractivity (Wildman–Crippen MR) is 117 cm³/mol. The number of hydrogen-bond acceptors (Lipinski definition) is 6. The number of halogens is 1. The van der Waals surface area contributed by atoms with Crippen molar-refractivity contribution in [1.29, 1.82) is 0 Å². The molecule has 1 aromatic carbocycles. The first kappa shape index (κ1) is 20.0. The summed E-state index contributed by atoms with van der Waals surface area (Å²) in [5.74, 6) is -0.768. The van der Waals surface area contributed by atoms with E-state index in [1.54, 1.807) is 18.2 Å². The minimum absolute atomic E-state index is 0.0889. The van der Waals surface area contributed by atoms with E-state index in [2.05, 4.69) is 10.3 Å². The van der Waals surface area contributed by atoms with E-state index in [1.807, 2.05) is 4.90 Å². The number of sulfonamides is 1. The third kappa shape index (κ3) is 3.03. The van der Waals surface area contributed by atoms with Gasteiger partial charge in [0.1, 0.15) is 0 Å². The van der Waals surface area contributed by atoms with Crippen LogP contribution < -0.4 is 20.3 Å². The van der Waals surface area contributed by atoms with Crippen LogP contribution in [-0.4, -0.2) is 46.0 Å². The first-order chi connectivity index (χ1) is 14.7. The smallest absolute Gasteiger partial charge is 0.239 e. The summed E-state index contributed by atoms with van der Waals surface area (Å²) in [6.45, 7) is 1.75. The van der Waals surface area contributed by atoms with Gasteiger partial charge in [0.25, 0.3) is 0 Å². The lowest BCUT2D eigenvalue weighted by Gasteiger charge is -2.39. The van der Waals surface area contributed by atoms with Crippen LogP contribution in [0, 0.1) is 11.2 Å². The van der Waals surface area contributed by atoms with Gasteiger partial charge >= 0.3 is 0 Å². The number of pyridine rings is 1. The Labute approximate surface area is 180 Å². The van der Waals surface area contributed by atoms with Gasteiger partial charge in [-0.2, -0.15) is 0 Å². The lowest BCUT2D eigenvalue weighted by atomic mass is 9.77. The van der Waals surface area contributed by atoms with E-state index in [-0.39, 0.29) is 22.9 Å². The SMILES string of the molecule is CN1c2ccc(-c3cnc(N)c(F)c3N3CCC4(CCNC4=O)CC3)cc2CS1(=O)=O. The Balaban J connectivity index is 1.53. The van der Waals surface area contributed by atoms with Gasteiger partial charge in [0.05, 0.1) is 22.5 Å². The summed E-state index contributed by atoms with van der Waals surface area (Å²) in [6, 6.07) is 5.30. The van der Waals surface area contributed by atoms with Crippen molar-refractivity contribution in [3.05, 3.63) is 35.8 Å². The number of nitrogens with two attached hydrogens (primary N) is 1. The monoisotopic (exact) mass is 445 g/mol. The molecule has 1 amide bonds. The van der Waals surface area contributed by atoms with E-state index in [4.69, 9.17) is 5.73 Å². The van der Waals surface area contributed by atoms with Crippen molar-refractivity contribution in [2.24, 2.45) is 5.41 Å². The fourth-order valence-corrected chi connectivity index (χ4v) is 6.28. The fraction of sp³-hybridized carbons (Fsp3) is 0.429. The molecule has 1 spiro atoms. The number of rotatable bonds is 2. The number of nitrogens with zero attached hydrogens (tertiary/aromatic N) is 3. The molecule has 3 aliphatic heterocycles. The third-order valence-corrected chi connectivity index (χ3v) is 8.62. The molecule has 0 aliphatic carbocycles. The number of hydrogen-bond donors (Lipinski definition) is 2. The number of piperidine rings is 1. The first-order valence-corrected chi connectivity index (χ1v) is 11.9. The zero-order chi connectivity index (χ0) is 22.0. The van der Waals surface area contributed by atoms with E-state index in [1.165, 1.54) is 17.5 Å². The Hall–Kier alpha value is -2.88. The van der Waals surface area contributed by atoms with Crippen molar-refractivity contribution >= 4 is 33.1 Å².